The minimum atomic E-state index is -4.42. The van der Waals surface area contributed by atoms with E-state index in [0.717, 1.165) is 35.5 Å². The van der Waals surface area contributed by atoms with Gasteiger partial charge in [-0.2, -0.15) is 13.2 Å². The first-order valence-corrected chi connectivity index (χ1v) is 8.89. The number of rotatable bonds is 6. The summed E-state index contributed by atoms with van der Waals surface area (Å²) in [5, 5.41) is 2.76. The van der Waals surface area contributed by atoms with Crippen LogP contribution >= 0.6 is 0 Å². The molecule has 8 heteroatoms. The molecule has 0 unspecified atom stereocenters. The van der Waals surface area contributed by atoms with E-state index in [-0.39, 0.29) is 18.1 Å². The van der Waals surface area contributed by atoms with Gasteiger partial charge in [-0.25, -0.2) is 4.98 Å². The van der Waals surface area contributed by atoms with Crippen LogP contribution in [0.1, 0.15) is 18.3 Å². The number of para-hydroxylation sites is 2. The summed E-state index contributed by atoms with van der Waals surface area (Å²) >= 11 is 0. The number of fused-ring (bicyclic) bond motifs is 1. The zero-order valence-electron chi connectivity index (χ0n) is 15.6. The molecule has 1 N–H and O–H groups in total. The van der Waals surface area contributed by atoms with Gasteiger partial charge in [0.2, 0.25) is 5.91 Å². The number of hydrogen-bond donors (Lipinski definition) is 1. The van der Waals surface area contributed by atoms with E-state index >= 15 is 0 Å². The van der Waals surface area contributed by atoms with Crippen molar-refractivity contribution in [3.63, 3.8) is 0 Å². The van der Waals surface area contributed by atoms with Crippen LogP contribution in [0.25, 0.3) is 11.0 Å². The fraction of sp³-hybridized carbons (Fsp3) is 0.300. The van der Waals surface area contributed by atoms with Gasteiger partial charge in [-0.3, -0.25) is 4.79 Å². The molecule has 0 spiro atoms. The third kappa shape index (κ3) is 4.27. The van der Waals surface area contributed by atoms with Crippen LogP contribution in [0.15, 0.2) is 48.5 Å². The highest BCUT2D eigenvalue weighted by atomic mass is 19.4. The van der Waals surface area contributed by atoms with Crippen molar-refractivity contribution in [2.75, 3.05) is 18.9 Å². The van der Waals surface area contributed by atoms with E-state index in [1.165, 1.54) is 17.0 Å². The number of alkyl halides is 3. The zero-order valence-corrected chi connectivity index (χ0v) is 15.6. The lowest BCUT2D eigenvalue weighted by Gasteiger charge is -2.18. The Hall–Kier alpha value is -3.03. The highest BCUT2D eigenvalue weighted by Crippen LogP contribution is 2.30. The summed E-state index contributed by atoms with van der Waals surface area (Å²) in [6, 6.07) is 12.5. The molecule has 0 saturated heterocycles. The molecule has 1 aromatic heterocycles. The molecule has 3 rings (SSSR count). The van der Waals surface area contributed by atoms with E-state index in [9.17, 15) is 18.0 Å². The monoisotopic (exact) mass is 390 g/mol. The predicted molar refractivity (Wildman–Crippen MR) is 102 cm³/mol. The highest BCUT2D eigenvalue weighted by molar-refractivity contribution is 5.81. The molecule has 3 aromatic rings. The van der Waals surface area contributed by atoms with E-state index in [2.05, 4.69) is 10.3 Å². The molecule has 148 valence electrons. The molecule has 2 aromatic carbocycles. The Labute approximate surface area is 160 Å². The van der Waals surface area contributed by atoms with Crippen molar-refractivity contribution in [3.8, 4) is 0 Å². The number of amides is 1. The molecular weight excluding hydrogens is 369 g/mol. The van der Waals surface area contributed by atoms with Crippen molar-refractivity contribution in [1.29, 1.82) is 0 Å². The predicted octanol–water partition coefficient (Wildman–Crippen LogP) is 4.15. The second kappa shape index (κ2) is 7.92. The molecule has 0 aliphatic heterocycles. The van der Waals surface area contributed by atoms with Crippen molar-refractivity contribution in [3.05, 3.63) is 59.9 Å². The molecule has 1 amide bonds. The van der Waals surface area contributed by atoms with E-state index in [4.69, 9.17) is 0 Å². The molecule has 0 aliphatic rings. The molecule has 0 radical (unpaired) electrons. The number of halogens is 3. The topological polar surface area (TPSA) is 50.2 Å². The molecule has 1 heterocycles. The smallest absolute Gasteiger partial charge is 0.376 e. The molecule has 0 fully saturated rings. The van der Waals surface area contributed by atoms with Gasteiger partial charge < -0.3 is 14.8 Å². The summed E-state index contributed by atoms with van der Waals surface area (Å²) in [7, 11) is 1.65. The Bertz CT molecular complexity index is 981. The Morgan fingerprint density at radius 3 is 2.64 bits per heavy atom. The lowest BCUT2D eigenvalue weighted by atomic mass is 10.2. The first-order valence-electron chi connectivity index (χ1n) is 8.89. The minimum Gasteiger partial charge on any atom is -0.376 e. The van der Waals surface area contributed by atoms with Gasteiger partial charge in [0.05, 0.1) is 29.7 Å². The number of likely N-dealkylation sites (N-methyl/N-ethyl adjacent to an activating group) is 1. The van der Waals surface area contributed by atoms with Gasteiger partial charge in [-0.1, -0.05) is 18.2 Å². The van der Waals surface area contributed by atoms with Crippen molar-refractivity contribution < 1.29 is 18.0 Å². The maximum atomic E-state index is 12.8. The molecule has 0 aliphatic carbocycles. The largest absolute Gasteiger partial charge is 0.416 e. The van der Waals surface area contributed by atoms with Crippen molar-refractivity contribution in [2.45, 2.75) is 26.2 Å². The third-order valence-corrected chi connectivity index (χ3v) is 4.49. The number of imidazole rings is 1. The first kappa shape index (κ1) is 19.7. The summed E-state index contributed by atoms with van der Waals surface area (Å²) in [5.74, 6) is 0.519. The van der Waals surface area contributed by atoms with E-state index in [0.29, 0.717) is 6.54 Å². The van der Waals surface area contributed by atoms with Gasteiger partial charge in [0.15, 0.2) is 0 Å². The standard InChI is InChI=1S/C20H21F3N4O/c1-3-27-17-10-5-4-9-16(17)25-18(27)13-26(2)19(28)12-24-15-8-6-7-14(11-15)20(21,22)23/h4-11,24H,3,12-13H2,1-2H3. The third-order valence-electron chi connectivity index (χ3n) is 4.49. The highest BCUT2D eigenvalue weighted by Gasteiger charge is 2.30. The quantitative estimate of drug-likeness (QED) is 0.688. The summed E-state index contributed by atoms with van der Waals surface area (Å²) in [5.41, 5.74) is 1.36. The van der Waals surface area contributed by atoms with E-state index < -0.39 is 11.7 Å². The van der Waals surface area contributed by atoms with Crippen LogP contribution in [0, 0.1) is 0 Å². The number of carbonyl (C=O) groups is 1. The van der Waals surface area contributed by atoms with Crippen LogP contribution in [0.5, 0.6) is 0 Å². The summed E-state index contributed by atoms with van der Waals surface area (Å²) in [6.07, 6.45) is -4.42. The summed E-state index contributed by atoms with van der Waals surface area (Å²) in [4.78, 5) is 18.5. The van der Waals surface area contributed by atoms with Gasteiger partial charge in [-0.15, -0.1) is 0 Å². The Morgan fingerprint density at radius 1 is 1.18 bits per heavy atom. The van der Waals surface area contributed by atoms with Crippen LogP contribution < -0.4 is 5.32 Å². The van der Waals surface area contributed by atoms with Gasteiger partial charge in [-0.05, 0) is 37.3 Å². The number of nitrogens with zero attached hydrogens (tertiary/aromatic N) is 3. The van der Waals surface area contributed by atoms with Crippen LogP contribution in [0.4, 0.5) is 18.9 Å². The second-order valence-corrected chi connectivity index (χ2v) is 6.44. The number of nitrogens with one attached hydrogen (secondary N) is 1. The molecule has 0 saturated carbocycles. The Balaban J connectivity index is 1.66. The number of carbonyl (C=O) groups excluding carboxylic acids is 1. The number of hydrogen-bond acceptors (Lipinski definition) is 3. The average molecular weight is 390 g/mol. The average Bonchev–Trinajstić information content (AvgIpc) is 3.02. The van der Waals surface area contributed by atoms with Gasteiger partial charge in [0.1, 0.15) is 5.82 Å². The van der Waals surface area contributed by atoms with E-state index in [1.54, 1.807) is 7.05 Å². The van der Waals surface area contributed by atoms with Crippen LogP contribution in [-0.2, 0) is 24.1 Å². The Morgan fingerprint density at radius 2 is 1.93 bits per heavy atom. The van der Waals surface area contributed by atoms with Crippen molar-refractivity contribution >= 4 is 22.6 Å². The maximum Gasteiger partial charge on any atom is 0.416 e. The fourth-order valence-electron chi connectivity index (χ4n) is 3.02. The first-order chi connectivity index (χ1) is 13.3. The number of benzene rings is 2. The molecular formula is C20H21F3N4O. The van der Waals surface area contributed by atoms with Crippen LogP contribution in [-0.4, -0.2) is 34.0 Å². The van der Waals surface area contributed by atoms with E-state index in [1.807, 2.05) is 35.8 Å². The summed E-state index contributed by atoms with van der Waals surface area (Å²) in [6.45, 7) is 2.94. The Kier molecular flexibility index (Phi) is 5.58. The molecule has 28 heavy (non-hydrogen) atoms. The lowest BCUT2D eigenvalue weighted by molar-refractivity contribution is -0.137. The number of aryl methyl sites for hydroxylation is 1. The van der Waals surface area contributed by atoms with Crippen LogP contribution in [0.3, 0.4) is 0 Å². The molecule has 0 bridgehead atoms. The number of aromatic nitrogens is 2. The van der Waals surface area contributed by atoms with Gasteiger partial charge in [0.25, 0.3) is 0 Å². The molecule has 5 nitrogen and oxygen atoms in total. The lowest BCUT2D eigenvalue weighted by Crippen LogP contribution is -2.32. The van der Waals surface area contributed by atoms with Gasteiger partial charge in [0, 0.05) is 19.3 Å². The minimum absolute atomic E-state index is 0.107. The SMILES string of the molecule is CCn1c(CN(C)C(=O)CNc2cccc(C(F)(F)F)c2)nc2ccccc21. The fourth-order valence-corrected chi connectivity index (χ4v) is 3.02. The normalized spacial score (nSPS) is 11.6. The van der Waals surface area contributed by atoms with Crippen LogP contribution in [0.2, 0.25) is 0 Å². The summed E-state index contributed by atoms with van der Waals surface area (Å²) < 4.78 is 40.4. The number of anilines is 1. The maximum absolute atomic E-state index is 12.8. The van der Waals surface area contributed by atoms with Crippen molar-refractivity contribution in [1.82, 2.24) is 14.5 Å². The van der Waals surface area contributed by atoms with Crippen molar-refractivity contribution in [2.24, 2.45) is 0 Å². The molecule has 0 atom stereocenters. The zero-order chi connectivity index (χ0) is 20.3. The second-order valence-electron chi connectivity index (χ2n) is 6.44. The van der Waals surface area contributed by atoms with Gasteiger partial charge >= 0.3 is 6.18 Å².